The third-order valence-electron chi connectivity index (χ3n) is 3.20. The first kappa shape index (κ1) is 14.4. The lowest BCUT2D eigenvalue weighted by atomic mass is 10.2. The summed E-state index contributed by atoms with van der Waals surface area (Å²) in [6.45, 7) is 2.40. The lowest BCUT2D eigenvalue weighted by Crippen LogP contribution is -2.26. The number of anilines is 1. The van der Waals surface area contributed by atoms with Crippen LogP contribution in [0, 0.1) is 0 Å². The standard InChI is InChI=1S/C17H21NO2/c1-19-12-11-18(14-15-7-4-3-5-8-15)16-9-6-10-17(13-16)20-2/h3-10,13H,11-12,14H2,1-2H3. The van der Waals surface area contributed by atoms with Gasteiger partial charge in [-0.25, -0.2) is 0 Å². The Morgan fingerprint density at radius 2 is 1.75 bits per heavy atom. The van der Waals surface area contributed by atoms with E-state index in [0.717, 1.165) is 24.5 Å². The molecule has 0 aliphatic heterocycles. The molecule has 2 aromatic carbocycles. The molecule has 0 spiro atoms. The Morgan fingerprint density at radius 3 is 2.45 bits per heavy atom. The molecule has 0 atom stereocenters. The lowest BCUT2D eigenvalue weighted by Gasteiger charge is -2.25. The molecule has 0 radical (unpaired) electrons. The van der Waals surface area contributed by atoms with Gasteiger partial charge in [0, 0.05) is 32.0 Å². The van der Waals surface area contributed by atoms with Gasteiger partial charge in [0.05, 0.1) is 13.7 Å². The molecule has 3 nitrogen and oxygen atoms in total. The van der Waals surface area contributed by atoms with Crippen molar-refractivity contribution in [3.05, 3.63) is 60.2 Å². The summed E-state index contributed by atoms with van der Waals surface area (Å²) in [5.41, 5.74) is 2.43. The molecule has 0 amide bonds. The van der Waals surface area contributed by atoms with E-state index in [9.17, 15) is 0 Å². The lowest BCUT2D eigenvalue weighted by molar-refractivity contribution is 0.205. The molecule has 0 N–H and O–H groups in total. The number of methoxy groups -OCH3 is 2. The molecule has 2 rings (SSSR count). The zero-order valence-electron chi connectivity index (χ0n) is 12.1. The fraction of sp³-hybridized carbons (Fsp3) is 0.294. The first-order chi connectivity index (χ1) is 9.83. The van der Waals surface area contributed by atoms with Gasteiger partial charge in [0.1, 0.15) is 5.75 Å². The van der Waals surface area contributed by atoms with Crippen LogP contribution in [0.5, 0.6) is 5.75 Å². The molecule has 0 aliphatic carbocycles. The van der Waals surface area contributed by atoms with Crippen molar-refractivity contribution in [1.29, 1.82) is 0 Å². The summed E-state index contributed by atoms with van der Waals surface area (Å²) in [7, 11) is 3.42. The predicted octanol–water partition coefficient (Wildman–Crippen LogP) is 3.35. The highest BCUT2D eigenvalue weighted by Gasteiger charge is 2.08. The van der Waals surface area contributed by atoms with Crippen molar-refractivity contribution in [2.75, 3.05) is 32.3 Å². The van der Waals surface area contributed by atoms with Crippen molar-refractivity contribution in [2.45, 2.75) is 6.54 Å². The van der Waals surface area contributed by atoms with E-state index in [2.05, 4.69) is 41.3 Å². The van der Waals surface area contributed by atoms with Gasteiger partial charge in [0.2, 0.25) is 0 Å². The minimum absolute atomic E-state index is 0.698. The van der Waals surface area contributed by atoms with Gasteiger partial charge < -0.3 is 14.4 Å². The highest BCUT2D eigenvalue weighted by atomic mass is 16.5. The van der Waals surface area contributed by atoms with E-state index in [-0.39, 0.29) is 0 Å². The molecule has 0 heterocycles. The van der Waals surface area contributed by atoms with E-state index in [1.54, 1.807) is 14.2 Å². The Balaban J connectivity index is 2.17. The van der Waals surface area contributed by atoms with Crippen LogP contribution in [0.15, 0.2) is 54.6 Å². The van der Waals surface area contributed by atoms with Crippen LogP contribution in [0.2, 0.25) is 0 Å². The summed E-state index contributed by atoms with van der Waals surface area (Å²) in [4.78, 5) is 2.29. The Hall–Kier alpha value is -2.00. The Morgan fingerprint density at radius 1 is 0.950 bits per heavy atom. The second-order valence-electron chi connectivity index (χ2n) is 4.60. The molecule has 0 unspecified atom stereocenters. The average Bonchev–Trinajstić information content (AvgIpc) is 2.52. The fourth-order valence-electron chi connectivity index (χ4n) is 2.11. The van der Waals surface area contributed by atoms with E-state index < -0.39 is 0 Å². The topological polar surface area (TPSA) is 21.7 Å². The fourth-order valence-corrected chi connectivity index (χ4v) is 2.11. The Labute approximate surface area is 120 Å². The number of hydrogen-bond acceptors (Lipinski definition) is 3. The van der Waals surface area contributed by atoms with Crippen molar-refractivity contribution < 1.29 is 9.47 Å². The molecule has 0 fully saturated rings. The summed E-state index contributed by atoms with van der Waals surface area (Å²) >= 11 is 0. The predicted molar refractivity (Wildman–Crippen MR) is 82.4 cm³/mol. The number of ether oxygens (including phenoxy) is 2. The third-order valence-corrected chi connectivity index (χ3v) is 3.20. The van der Waals surface area contributed by atoms with Crippen molar-refractivity contribution in [1.82, 2.24) is 0 Å². The van der Waals surface area contributed by atoms with Crippen molar-refractivity contribution in [3.8, 4) is 5.75 Å². The van der Waals surface area contributed by atoms with Gasteiger partial charge in [-0.05, 0) is 17.7 Å². The molecule has 20 heavy (non-hydrogen) atoms. The van der Waals surface area contributed by atoms with E-state index in [1.165, 1.54) is 5.56 Å². The van der Waals surface area contributed by atoms with Gasteiger partial charge >= 0.3 is 0 Å². The van der Waals surface area contributed by atoms with Crippen LogP contribution in [0.4, 0.5) is 5.69 Å². The monoisotopic (exact) mass is 271 g/mol. The Kier molecular flexibility index (Phi) is 5.44. The van der Waals surface area contributed by atoms with Crippen molar-refractivity contribution in [2.24, 2.45) is 0 Å². The summed E-state index contributed by atoms with van der Waals surface area (Å²) < 4.78 is 10.5. The zero-order chi connectivity index (χ0) is 14.2. The minimum Gasteiger partial charge on any atom is -0.497 e. The zero-order valence-corrected chi connectivity index (χ0v) is 12.1. The second-order valence-corrected chi connectivity index (χ2v) is 4.60. The average molecular weight is 271 g/mol. The molecular formula is C17H21NO2. The maximum absolute atomic E-state index is 5.30. The maximum Gasteiger partial charge on any atom is 0.120 e. The van der Waals surface area contributed by atoms with Crippen LogP contribution in [0.1, 0.15) is 5.56 Å². The quantitative estimate of drug-likeness (QED) is 0.771. The van der Waals surface area contributed by atoms with Gasteiger partial charge in [-0.15, -0.1) is 0 Å². The van der Waals surface area contributed by atoms with Crippen LogP contribution in [-0.2, 0) is 11.3 Å². The largest absolute Gasteiger partial charge is 0.497 e. The Bertz CT molecular complexity index is 513. The summed E-state index contributed by atoms with van der Waals surface area (Å²) in [6, 6.07) is 18.6. The smallest absolute Gasteiger partial charge is 0.120 e. The van der Waals surface area contributed by atoms with Gasteiger partial charge in [-0.2, -0.15) is 0 Å². The van der Waals surface area contributed by atoms with E-state index in [4.69, 9.17) is 9.47 Å². The number of rotatable bonds is 7. The second kappa shape index (κ2) is 7.56. The van der Waals surface area contributed by atoms with Crippen LogP contribution >= 0.6 is 0 Å². The molecule has 0 aliphatic rings. The molecule has 0 aromatic heterocycles. The number of nitrogens with zero attached hydrogens (tertiary/aromatic N) is 1. The summed E-state index contributed by atoms with van der Waals surface area (Å²) in [5, 5.41) is 0. The minimum atomic E-state index is 0.698. The van der Waals surface area contributed by atoms with E-state index >= 15 is 0 Å². The maximum atomic E-state index is 5.30. The molecule has 3 heteroatoms. The molecular weight excluding hydrogens is 250 g/mol. The molecule has 0 saturated heterocycles. The SMILES string of the molecule is COCCN(Cc1ccccc1)c1cccc(OC)c1. The summed E-state index contributed by atoms with van der Waals surface area (Å²) in [6.07, 6.45) is 0. The highest BCUT2D eigenvalue weighted by Crippen LogP contribution is 2.22. The van der Waals surface area contributed by atoms with Gasteiger partial charge in [-0.1, -0.05) is 36.4 Å². The first-order valence-electron chi connectivity index (χ1n) is 6.75. The van der Waals surface area contributed by atoms with Gasteiger partial charge in [-0.3, -0.25) is 0 Å². The third kappa shape index (κ3) is 4.00. The molecule has 0 bridgehead atoms. The van der Waals surface area contributed by atoms with E-state index in [1.807, 2.05) is 18.2 Å². The number of hydrogen-bond donors (Lipinski definition) is 0. The highest BCUT2D eigenvalue weighted by molar-refractivity contribution is 5.51. The van der Waals surface area contributed by atoms with Crippen LogP contribution in [0.25, 0.3) is 0 Å². The van der Waals surface area contributed by atoms with Crippen LogP contribution < -0.4 is 9.64 Å². The van der Waals surface area contributed by atoms with Crippen molar-refractivity contribution in [3.63, 3.8) is 0 Å². The van der Waals surface area contributed by atoms with Gasteiger partial charge in [0.15, 0.2) is 0 Å². The first-order valence-corrected chi connectivity index (χ1v) is 6.75. The summed E-state index contributed by atoms with van der Waals surface area (Å²) in [5.74, 6) is 0.873. The molecule has 2 aromatic rings. The van der Waals surface area contributed by atoms with Crippen LogP contribution in [-0.4, -0.2) is 27.4 Å². The van der Waals surface area contributed by atoms with E-state index in [0.29, 0.717) is 6.61 Å². The molecule has 0 saturated carbocycles. The van der Waals surface area contributed by atoms with Gasteiger partial charge in [0.25, 0.3) is 0 Å². The normalized spacial score (nSPS) is 10.3. The van der Waals surface area contributed by atoms with Crippen molar-refractivity contribution >= 4 is 5.69 Å². The number of benzene rings is 2. The molecule has 106 valence electrons. The van der Waals surface area contributed by atoms with Crippen LogP contribution in [0.3, 0.4) is 0 Å².